The molecule has 0 saturated carbocycles. The second kappa shape index (κ2) is 4.87. The number of hydrogen-bond acceptors (Lipinski definition) is 5. The van der Waals surface area contributed by atoms with Gasteiger partial charge in [0, 0.05) is 12.8 Å². The average molecular weight is 216 g/mol. The Labute approximate surface area is 84.0 Å². The molecule has 0 aromatic carbocycles. The highest BCUT2D eigenvalue weighted by molar-refractivity contribution is 5.08. The standard InChI is InChI=1S/C8H12N2O5/c11-2-1-5(12)6(13)4-3-9-8(15)10-7(4)14/h3,5-6,11-13H,1-2H2,(H2,9,10,14,15)/t5-,6?/m1/s1. The van der Waals surface area contributed by atoms with E-state index in [9.17, 15) is 19.8 Å². The van der Waals surface area contributed by atoms with Crippen LogP contribution in [-0.4, -0.2) is 38.0 Å². The number of aliphatic hydroxyl groups is 3. The van der Waals surface area contributed by atoms with Crippen molar-refractivity contribution in [3.63, 3.8) is 0 Å². The Morgan fingerprint density at radius 3 is 2.53 bits per heavy atom. The number of nitrogens with one attached hydrogen (secondary N) is 2. The van der Waals surface area contributed by atoms with E-state index in [0.29, 0.717) is 0 Å². The van der Waals surface area contributed by atoms with Crippen LogP contribution < -0.4 is 11.2 Å². The molecule has 0 amide bonds. The van der Waals surface area contributed by atoms with Crippen LogP contribution in [0.1, 0.15) is 18.1 Å². The van der Waals surface area contributed by atoms with Crippen molar-refractivity contribution >= 4 is 0 Å². The summed E-state index contributed by atoms with van der Waals surface area (Å²) in [6.07, 6.45) is -1.70. The zero-order valence-electron chi connectivity index (χ0n) is 7.80. The molecular weight excluding hydrogens is 204 g/mol. The van der Waals surface area contributed by atoms with Crippen LogP contribution in [0.2, 0.25) is 0 Å². The number of H-pyrrole nitrogens is 2. The minimum atomic E-state index is -1.43. The molecule has 1 rings (SSSR count). The normalized spacial score (nSPS) is 14.9. The van der Waals surface area contributed by atoms with Crippen LogP contribution in [0, 0.1) is 0 Å². The molecule has 2 atom stereocenters. The predicted octanol–water partition coefficient (Wildman–Crippen LogP) is -2.16. The summed E-state index contributed by atoms with van der Waals surface area (Å²) in [6.45, 7) is -0.306. The molecule has 15 heavy (non-hydrogen) atoms. The first-order valence-corrected chi connectivity index (χ1v) is 4.35. The van der Waals surface area contributed by atoms with Crippen LogP contribution in [0.3, 0.4) is 0 Å². The van der Waals surface area contributed by atoms with E-state index >= 15 is 0 Å². The summed E-state index contributed by atoms with van der Waals surface area (Å²) in [7, 11) is 0. The average Bonchev–Trinajstić information content (AvgIpc) is 2.17. The van der Waals surface area contributed by atoms with E-state index in [0.717, 1.165) is 6.20 Å². The van der Waals surface area contributed by atoms with Gasteiger partial charge in [-0.3, -0.25) is 9.78 Å². The molecule has 5 N–H and O–H groups in total. The summed E-state index contributed by atoms with van der Waals surface area (Å²) in [6, 6.07) is 0. The first-order valence-electron chi connectivity index (χ1n) is 4.35. The maximum atomic E-state index is 11.2. The summed E-state index contributed by atoms with van der Waals surface area (Å²) in [5.41, 5.74) is -1.59. The van der Waals surface area contributed by atoms with E-state index in [2.05, 4.69) is 4.98 Å². The van der Waals surface area contributed by atoms with Gasteiger partial charge < -0.3 is 20.3 Å². The molecule has 0 saturated heterocycles. The summed E-state index contributed by atoms with van der Waals surface area (Å²) in [5, 5.41) is 27.3. The lowest BCUT2D eigenvalue weighted by Gasteiger charge is -2.15. The van der Waals surface area contributed by atoms with Crippen LogP contribution in [0.25, 0.3) is 0 Å². The molecule has 1 aromatic heterocycles. The second-order valence-corrected chi connectivity index (χ2v) is 3.05. The highest BCUT2D eigenvalue weighted by atomic mass is 16.3. The van der Waals surface area contributed by atoms with Gasteiger partial charge in [0.25, 0.3) is 5.56 Å². The van der Waals surface area contributed by atoms with Crippen LogP contribution in [0.5, 0.6) is 0 Å². The quantitative estimate of drug-likeness (QED) is 0.392. The lowest BCUT2D eigenvalue weighted by atomic mass is 10.1. The Morgan fingerprint density at radius 1 is 1.33 bits per heavy atom. The van der Waals surface area contributed by atoms with Crippen molar-refractivity contribution in [2.75, 3.05) is 6.61 Å². The Hall–Kier alpha value is -1.44. The summed E-state index contributed by atoms with van der Waals surface area (Å²) >= 11 is 0. The third-order valence-corrected chi connectivity index (χ3v) is 1.96. The molecule has 0 aliphatic rings. The summed E-state index contributed by atoms with van der Waals surface area (Å²) in [5.74, 6) is 0. The lowest BCUT2D eigenvalue weighted by Crippen LogP contribution is -2.30. The van der Waals surface area contributed by atoms with Gasteiger partial charge in [-0.1, -0.05) is 0 Å². The van der Waals surface area contributed by atoms with Crippen molar-refractivity contribution < 1.29 is 15.3 Å². The summed E-state index contributed by atoms with van der Waals surface area (Å²) < 4.78 is 0. The van der Waals surface area contributed by atoms with Crippen LogP contribution >= 0.6 is 0 Å². The van der Waals surface area contributed by atoms with E-state index in [4.69, 9.17) is 5.11 Å². The highest BCUT2D eigenvalue weighted by Gasteiger charge is 2.20. The number of aromatic amines is 2. The van der Waals surface area contributed by atoms with Gasteiger partial charge >= 0.3 is 5.69 Å². The fourth-order valence-corrected chi connectivity index (χ4v) is 1.14. The van der Waals surface area contributed by atoms with Crippen LogP contribution in [0.4, 0.5) is 0 Å². The first-order chi connectivity index (χ1) is 7.06. The second-order valence-electron chi connectivity index (χ2n) is 3.05. The molecule has 0 aliphatic heterocycles. The van der Waals surface area contributed by atoms with Crippen molar-refractivity contribution in [3.8, 4) is 0 Å². The molecule has 0 bridgehead atoms. The van der Waals surface area contributed by atoms with Crippen molar-refractivity contribution in [1.82, 2.24) is 9.97 Å². The van der Waals surface area contributed by atoms with Gasteiger partial charge in [0.15, 0.2) is 0 Å². The molecule has 84 valence electrons. The van der Waals surface area contributed by atoms with Crippen LogP contribution in [-0.2, 0) is 0 Å². The summed E-state index contributed by atoms with van der Waals surface area (Å²) in [4.78, 5) is 25.9. The molecular formula is C8H12N2O5. The zero-order valence-corrected chi connectivity index (χ0v) is 7.80. The van der Waals surface area contributed by atoms with Gasteiger partial charge in [-0.2, -0.15) is 0 Å². The van der Waals surface area contributed by atoms with Crippen molar-refractivity contribution in [2.45, 2.75) is 18.6 Å². The maximum absolute atomic E-state index is 11.2. The van der Waals surface area contributed by atoms with E-state index in [1.165, 1.54) is 0 Å². The maximum Gasteiger partial charge on any atom is 0.325 e. The third kappa shape index (κ3) is 2.75. The monoisotopic (exact) mass is 216 g/mol. The molecule has 0 aliphatic carbocycles. The number of aromatic nitrogens is 2. The van der Waals surface area contributed by atoms with E-state index in [1.54, 1.807) is 0 Å². The molecule has 1 unspecified atom stereocenters. The molecule has 1 heterocycles. The van der Waals surface area contributed by atoms with E-state index in [-0.39, 0.29) is 18.6 Å². The third-order valence-electron chi connectivity index (χ3n) is 1.96. The Bertz CT molecular complexity index is 424. The molecule has 0 radical (unpaired) electrons. The van der Waals surface area contributed by atoms with Crippen molar-refractivity contribution in [2.24, 2.45) is 0 Å². The topological polar surface area (TPSA) is 126 Å². The Kier molecular flexibility index (Phi) is 3.78. The number of rotatable bonds is 4. The smallest absolute Gasteiger partial charge is 0.325 e. The molecule has 1 aromatic rings. The van der Waals surface area contributed by atoms with Gasteiger partial charge in [-0.25, -0.2) is 4.79 Å². The van der Waals surface area contributed by atoms with Gasteiger partial charge in [0.05, 0.1) is 11.7 Å². The van der Waals surface area contributed by atoms with E-state index in [1.807, 2.05) is 4.98 Å². The van der Waals surface area contributed by atoms with Crippen molar-refractivity contribution in [3.05, 3.63) is 32.6 Å². The largest absolute Gasteiger partial charge is 0.396 e. The van der Waals surface area contributed by atoms with E-state index < -0.39 is 23.5 Å². The fourth-order valence-electron chi connectivity index (χ4n) is 1.14. The SMILES string of the molecule is O=c1[nH]cc(C(O)[C@H](O)CCO)c(=O)[nH]1. The fraction of sp³-hybridized carbons (Fsp3) is 0.500. The molecule has 7 nitrogen and oxygen atoms in total. The predicted molar refractivity (Wildman–Crippen MR) is 50.4 cm³/mol. The molecule has 0 fully saturated rings. The number of aliphatic hydroxyl groups excluding tert-OH is 3. The van der Waals surface area contributed by atoms with Gasteiger partial charge in [0.1, 0.15) is 6.10 Å². The minimum absolute atomic E-state index is 0.0558. The van der Waals surface area contributed by atoms with Gasteiger partial charge in [-0.15, -0.1) is 0 Å². The lowest BCUT2D eigenvalue weighted by molar-refractivity contribution is 0.00322. The molecule has 0 spiro atoms. The van der Waals surface area contributed by atoms with Crippen molar-refractivity contribution in [1.29, 1.82) is 0 Å². The highest BCUT2D eigenvalue weighted by Crippen LogP contribution is 2.13. The first kappa shape index (κ1) is 11.6. The zero-order chi connectivity index (χ0) is 11.4. The Balaban J connectivity index is 2.96. The van der Waals surface area contributed by atoms with Gasteiger partial charge in [-0.05, 0) is 6.42 Å². The van der Waals surface area contributed by atoms with Crippen LogP contribution in [0.15, 0.2) is 15.8 Å². The Morgan fingerprint density at radius 2 is 2.00 bits per heavy atom. The molecule has 7 heteroatoms. The van der Waals surface area contributed by atoms with Gasteiger partial charge in [0.2, 0.25) is 0 Å². The minimum Gasteiger partial charge on any atom is -0.396 e. The number of hydrogen-bond donors (Lipinski definition) is 5.